The first-order chi connectivity index (χ1) is 16.0. The normalized spacial score (nSPS) is 18.9. The first-order valence-corrected chi connectivity index (χ1v) is 11.3. The van der Waals surface area contributed by atoms with E-state index in [1.807, 2.05) is 19.9 Å². The summed E-state index contributed by atoms with van der Waals surface area (Å²) in [7, 11) is 0. The Kier molecular flexibility index (Phi) is 4.93. The molecule has 1 aliphatic heterocycles. The number of halogens is 2. The van der Waals surface area contributed by atoms with Crippen LogP contribution < -0.4 is 15.8 Å². The van der Waals surface area contributed by atoms with Gasteiger partial charge in [-0.25, -0.2) is 18.6 Å². The number of alkyl halides is 2. The van der Waals surface area contributed by atoms with E-state index in [0.29, 0.717) is 35.3 Å². The first kappa shape index (κ1) is 22.3. The molecule has 1 aromatic carbocycles. The number of carbonyl (C=O) groups is 1. The lowest BCUT2D eigenvalue weighted by Crippen LogP contribution is -2.31. The molecule has 2 N–H and O–H groups in total. The van der Waals surface area contributed by atoms with E-state index in [1.54, 1.807) is 36.2 Å². The van der Waals surface area contributed by atoms with Crippen molar-refractivity contribution in [2.45, 2.75) is 45.6 Å². The van der Waals surface area contributed by atoms with Gasteiger partial charge in [-0.3, -0.25) is 9.20 Å². The van der Waals surface area contributed by atoms with Crippen LogP contribution in [0.4, 0.5) is 20.3 Å². The zero-order chi connectivity index (χ0) is 24.4. The molecule has 9 heteroatoms. The Morgan fingerprint density at radius 1 is 1.21 bits per heavy atom. The first-order valence-electron chi connectivity index (χ1n) is 11.3. The molecule has 0 amide bonds. The summed E-state index contributed by atoms with van der Waals surface area (Å²) in [5.41, 5.74) is 1.45. The quantitative estimate of drug-likeness (QED) is 0.577. The van der Waals surface area contributed by atoms with Crippen molar-refractivity contribution in [3.63, 3.8) is 0 Å². The molecule has 178 valence electrons. The van der Waals surface area contributed by atoms with Gasteiger partial charge in [-0.15, -0.1) is 0 Å². The molecule has 5 rings (SSSR count). The number of rotatable bonds is 5. The van der Waals surface area contributed by atoms with Gasteiger partial charge in [-0.2, -0.15) is 0 Å². The summed E-state index contributed by atoms with van der Waals surface area (Å²) in [5.74, 6) is -3.57. The Balaban J connectivity index is 1.61. The van der Waals surface area contributed by atoms with Crippen molar-refractivity contribution < 1.29 is 18.7 Å². The second kappa shape index (κ2) is 7.51. The van der Waals surface area contributed by atoms with Crippen LogP contribution >= 0.6 is 0 Å². The number of fused-ring (bicyclic) bond motifs is 1. The number of para-hydroxylation sites is 1. The monoisotopic (exact) mass is 468 g/mol. The fourth-order valence-electron chi connectivity index (χ4n) is 4.99. The Hall–Kier alpha value is -3.49. The van der Waals surface area contributed by atoms with Crippen molar-refractivity contribution >= 4 is 23.1 Å². The number of carboxylic acid groups (broad SMARTS) is 1. The number of benzene rings is 1. The molecule has 1 atom stereocenters. The third-order valence-electron chi connectivity index (χ3n) is 7.10. The lowest BCUT2D eigenvalue weighted by molar-refractivity contribution is -0.0334. The molecule has 1 aliphatic carbocycles. The summed E-state index contributed by atoms with van der Waals surface area (Å²) in [6, 6.07) is 8.04. The highest BCUT2D eigenvalue weighted by atomic mass is 19.3. The summed E-state index contributed by atoms with van der Waals surface area (Å²) in [5, 5.41) is 12.7. The van der Waals surface area contributed by atoms with E-state index in [4.69, 9.17) is 4.98 Å². The minimum absolute atomic E-state index is 0.127. The Bertz CT molecular complexity index is 1370. The average molecular weight is 469 g/mol. The summed E-state index contributed by atoms with van der Waals surface area (Å²) >= 11 is 0. The number of carboxylic acids is 1. The third kappa shape index (κ3) is 3.41. The second-order valence-electron chi connectivity index (χ2n) is 9.59. The van der Waals surface area contributed by atoms with Crippen LogP contribution in [-0.2, 0) is 0 Å². The van der Waals surface area contributed by atoms with E-state index in [2.05, 4.69) is 5.32 Å². The van der Waals surface area contributed by atoms with Crippen molar-refractivity contribution in [2.24, 2.45) is 5.41 Å². The number of anilines is 2. The van der Waals surface area contributed by atoms with Crippen LogP contribution in [0.15, 0.2) is 41.3 Å². The van der Waals surface area contributed by atoms with Gasteiger partial charge in [-0.1, -0.05) is 12.1 Å². The predicted octanol–water partition coefficient (Wildman–Crippen LogP) is 4.42. The number of pyridine rings is 1. The minimum Gasteiger partial charge on any atom is -0.478 e. The predicted molar refractivity (Wildman–Crippen MR) is 125 cm³/mol. The van der Waals surface area contributed by atoms with Crippen LogP contribution in [0.5, 0.6) is 0 Å². The SMILES string of the molecule is Cc1cc(C(C)Nc2ccccc2C(=O)O)c2nc(N3CC(F)(F)C4(CC4)C3)c(C)c(=O)n2c1. The molecule has 1 unspecified atom stereocenters. The Labute approximate surface area is 195 Å². The lowest BCUT2D eigenvalue weighted by atomic mass is 10.0. The maximum absolute atomic E-state index is 14.7. The van der Waals surface area contributed by atoms with E-state index in [1.165, 1.54) is 10.5 Å². The van der Waals surface area contributed by atoms with Crippen molar-refractivity contribution in [1.29, 1.82) is 0 Å². The molecule has 2 aliphatic rings. The van der Waals surface area contributed by atoms with Crippen molar-refractivity contribution in [2.75, 3.05) is 23.3 Å². The van der Waals surface area contributed by atoms with Crippen LogP contribution in [0, 0.1) is 19.3 Å². The number of aryl methyl sites for hydroxylation is 1. The number of hydrogen-bond acceptors (Lipinski definition) is 5. The van der Waals surface area contributed by atoms with E-state index in [0.717, 1.165) is 5.56 Å². The van der Waals surface area contributed by atoms with Crippen LogP contribution in [0.1, 0.15) is 52.9 Å². The van der Waals surface area contributed by atoms with Crippen LogP contribution in [-0.4, -0.2) is 39.5 Å². The zero-order valence-corrected chi connectivity index (χ0v) is 19.2. The standard InChI is InChI=1S/C25H26F2N4O3/c1-14-10-18(16(3)28-19-7-5-4-6-17(19)23(33)34)21-29-20(15(2)22(32)31(21)11-14)30-12-24(8-9-24)25(26,27)13-30/h4-7,10-11,16,28H,8-9,12-13H2,1-3H3,(H,33,34). The highest BCUT2D eigenvalue weighted by Crippen LogP contribution is 2.61. The molecule has 3 aromatic rings. The molecular weight excluding hydrogens is 442 g/mol. The third-order valence-corrected chi connectivity index (χ3v) is 7.10. The minimum atomic E-state index is -2.81. The topological polar surface area (TPSA) is 86.9 Å². The molecule has 3 heterocycles. The molecule has 0 radical (unpaired) electrons. The molecule has 34 heavy (non-hydrogen) atoms. The van der Waals surface area contributed by atoms with Crippen molar-refractivity contribution in [3.05, 3.63) is 69.1 Å². The lowest BCUT2D eigenvalue weighted by Gasteiger charge is -2.23. The van der Waals surface area contributed by atoms with Crippen molar-refractivity contribution in [1.82, 2.24) is 9.38 Å². The van der Waals surface area contributed by atoms with E-state index in [9.17, 15) is 23.5 Å². The van der Waals surface area contributed by atoms with Gasteiger partial charge >= 0.3 is 5.97 Å². The highest BCUT2D eigenvalue weighted by Gasteiger charge is 2.67. The van der Waals surface area contributed by atoms with Gasteiger partial charge < -0.3 is 15.3 Å². The zero-order valence-electron chi connectivity index (χ0n) is 19.2. The fraction of sp³-hybridized carbons (Fsp3) is 0.400. The fourth-order valence-corrected chi connectivity index (χ4v) is 4.99. The maximum atomic E-state index is 14.7. The number of nitrogens with one attached hydrogen (secondary N) is 1. The molecule has 0 bridgehead atoms. The van der Waals surface area contributed by atoms with Gasteiger partial charge in [-0.05, 0) is 57.4 Å². The Morgan fingerprint density at radius 3 is 2.56 bits per heavy atom. The van der Waals surface area contributed by atoms with E-state index < -0.39 is 29.9 Å². The van der Waals surface area contributed by atoms with Crippen LogP contribution in [0.3, 0.4) is 0 Å². The van der Waals surface area contributed by atoms with Gasteiger partial charge in [0.15, 0.2) is 0 Å². The van der Waals surface area contributed by atoms with Crippen molar-refractivity contribution in [3.8, 4) is 0 Å². The van der Waals surface area contributed by atoms with Crippen LogP contribution in [0.2, 0.25) is 0 Å². The van der Waals surface area contributed by atoms with Gasteiger partial charge in [0.2, 0.25) is 0 Å². The molecule has 2 fully saturated rings. The van der Waals surface area contributed by atoms with E-state index in [-0.39, 0.29) is 23.5 Å². The number of aromatic carboxylic acids is 1. The molecular formula is C25H26F2N4O3. The molecule has 1 spiro atoms. The summed E-state index contributed by atoms with van der Waals surface area (Å²) in [6.07, 6.45) is 2.65. The summed E-state index contributed by atoms with van der Waals surface area (Å²) < 4.78 is 30.8. The summed E-state index contributed by atoms with van der Waals surface area (Å²) in [4.78, 5) is 31.2. The molecule has 2 aromatic heterocycles. The smallest absolute Gasteiger partial charge is 0.337 e. The average Bonchev–Trinajstić information content (AvgIpc) is 3.52. The summed E-state index contributed by atoms with van der Waals surface area (Å²) in [6.45, 7) is 5.07. The van der Waals surface area contributed by atoms with Gasteiger partial charge in [0.25, 0.3) is 11.5 Å². The molecule has 1 saturated carbocycles. The number of aromatic nitrogens is 2. The highest BCUT2D eigenvalue weighted by molar-refractivity contribution is 5.94. The maximum Gasteiger partial charge on any atom is 0.337 e. The van der Waals surface area contributed by atoms with Gasteiger partial charge in [0.05, 0.1) is 29.1 Å². The number of hydrogen-bond donors (Lipinski definition) is 2. The molecule has 7 nitrogen and oxygen atoms in total. The van der Waals surface area contributed by atoms with E-state index >= 15 is 0 Å². The number of nitrogens with zero attached hydrogens (tertiary/aromatic N) is 3. The molecule has 1 saturated heterocycles. The van der Waals surface area contributed by atoms with Crippen LogP contribution in [0.25, 0.3) is 5.65 Å². The van der Waals surface area contributed by atoms with Gasteiger partial charge in [0, 0.05) is 24.0 Å². The second-order valence-corrected chi connectivity index (χ2v) is 9.59. The largest absolute Gasteiger partial charge is 0.478 e. The van der Waals surface area contributed by atoms with Gasteiger partial charge in [0.1, 0.15) is 11.5 Å². The Morgan fingerprint density at radius 2 is 1.91 bits per heavy atom.